The number of terminal acetylenes is 1. The predicted octanol–water partition coefficient (Wildman–Crippen LogP) is 4.00. The molecule has 1 fully saturated rings. The normalized spacial score (nSPS) is 20.0. The van der Waals surface area contributed by atoms with Crippen molar-refractivity contribution >= 4 is 17.5 Å². The Bertz CT molecular complexity index is 757. The van der Waals surface area contributed by atoms with E-state index >= 15 is 0 Å². The number of benzene rings is 1. The van der Waals surface area contributed by atoms with Crippen LogP contribution in [0.2, 0.25) is 0 Å². The SMILES string of the molecule is C#CCCC1(CCC(=O)Nc2ccc(C(=O)N3CCCCC3C)cc2)N=N1. The smallest absolute Gasteiger partial charge is 0.254 e. The number of likely N-dealkylation sites (tertiary alicyclic amines) is 1. The van der Waals surface area contributed by atoms with Crippen LogP contribution in [0.1, 0.15) is 62.2 Å². The van der Waals surface area contributed by atoms with Crippen molar-refractivity contribution < 1.29 is 9.59 Å². The van der Waals surface area contributed by atoms with E-state index in [-0.39, 0.29) is 17.9 Å². The highest BCUT2D eigenvalue weighted by Gasteiger charge is 2.39. The lowest BCUT2D eigenvalue weighted by molar-refractivity contribution is -0.116. The number of nitrogens with zero attached hydrogens (tertiary/aromatic N) is 3. The van der Waals surface area contributed by atoms with Gasteiger partial charge in [-0.3, -0.25) is 9.59 Å². The van der Waals surface area contributed by atoms with Gasteiger partial charge in [0, 0.05) is 49.5 Å². The third-order valence-corrected chi connectivity index (χ3v) is 5.28. The molecule has 1 aromatic carbocycles. The minimum atomic E-state index is -0.439. The average molecular weight is 366 g/mol. The second-order valence-corrected chi connectivity index (χ2v) is 7.36. The fourth-order valence-corrected chi connectivity index (χ4v) is 3.47. The van der Waals surface area contributed by atoms with Gasteiger partial charge in [0.1, 0.15) is 0 Å². The van der Waals surface area contributed by atoms with Gasteiger partial charge in [0.05, 0.1) is 0 Å². The lowest BCUT2D eigenvalue weighted by Gasteiger charge is -2.33. The number of rotatable bonds is 7. The Hall–Kier alpha value is -2.68. The van der Waals surface area contributed by atoms with E-state index in [0.717, 1.165) is 19.4 Å². The van der Waals surface area contributed by atoms with Crippen molar-refractivity contribution in [3.05, 3.63) is 29.8 Å². The van der Waals surface area contributed by atoms with Gasteiger partial charge in [0.25, 0.3) is 5.91 Å². The van der Waals surface area contributed by atoms with Crippen molar-refractivity contribution in [3.63, 3.8) is 0 Å². The first-order chi connectivity index (χ1) is 13.0. The molecule has 1 saturated heterocycles. The topological polar surface area (TPSA) is 74.1 Å². The zero-order valence-corrected chi connectivity index (χ0v) is 15.8. The molecule has 2 amide bonds. The molecular weight excluding hydrogens is 340 g/mol. The van der Waals surface area contributed by atoms with Gasteiger partial charge in [0.15, 0.2) is 5.66 Å². The molecule has 6 heteroatoms. The van der Waals surface area contributed by atoms with Gasteiger partial charge < -0.3 is 10.2 Å². The van der Waals surface area contributed by atoms with E-state index in [4.69, 9.17) is 6.42 Å². The van der Waals surface area contributed by atoms with Crippen molar-refractivity contribution in [2.75, 3.05) is 11.9 Å². The van der Waals surface area contributed by atoms with Crippen LogP contribution in [0.15, 0.2) is 34.5 Å². The van der Waals surface area contributed by atoms with Crippen molar-refractivity contribution in [2.45, 2.75) is 63.6 Å². The first kappa shape index (κ1) is 19.1. The van der Waals surface area contributed by atoms with E-state index in [0.29, 0.717) is 36.9 Å². The minimum absolute atomic E-state index is 0.0625. The number of amides is 2. The maximum absolute atomic E-state index is 12.7. The molecule has 0 aliphatic carbocycles. The van der Waals surface area contributed by atoms with Crippen LogP contribution in [0.5, 0.6) is 0 Å². The molecule has 6 nitrogen and oxygen atoms in total. The monoisotopic (exact) mass is 366 g/mol. The highest BCUT2D eigenvalue weighted by atomic mass is 16.2. The summed E-state index contributed by atoms with van der Waals surface area (Å²) in [6.45, 7) is 2.91. The van der Waals surface area contributed by atoms with E-state index in [9.17, 15) is 9.59 Å². The zero-order valence-electron chi connectivity index (χ0n) is 15.8. The summed E-state index contributed by atoms with van der Waals surface area (Å²) in [7, 11) is 0. The highest BCUT2D eigenvalue weighted by Crippen LogP contribution is 2.37. The lowest BCUT2D eigenvalue weighted by atomic mass is 10.0. The maximum Gasteiger partial charge on any atom is 0.254 e. The van der Waals surface area contributed by atoms with Crippen molar-refractivity contribution in [1.29, 1.82) is 0 Å². The molecule has 0 bridgehead atoms. The summed E-state index contributed by atoms with van der Waals surface area (Å²) in [6.07, 6.45) is 10.8. The first-order valence-electron chi connectivity index (χ1n) is 9.61. The quantitative estimate of drug-likeness (QED) is 0.741. The Morgan fingerprint density at radius 3 is 2.63 bits per heavy atom. The molecule has 1 atom stereocenters. The number of carbonyl (C=O) groups is 2. The lowest BCUT2D eigenvalue weighted by Crippen LogP contribution is -2.42. The minimum Gasteiger partial charge on any atom is -0.336 e. The second-order valence-electron chi connectivity index (χ2n) is 7.36. The Morgan fingerprint density at radius 2 is 2.00 bits per heavy atom. The molecule has 0 aromatic heterocycles. The van der Waals surface area contributed by atoms with Gasteiger partial charge in [0.2, 0.25) is 5.91 Å². The summed E-state index contributed by atoms with van der Waals surface area (Å²) < 4.78 is 0. The molecule has 27 heavy (non-hydrogen) atoms. The molecule has 1 unspecified atom stereocenters. The number of piperidine rings is 1. The standard InChI is InChI=1S/C21H26N4O2/c1-3-4-13-21(23-24-21)14-12-19(26)22-18-10-8-17(9-11-18)20(27)25-15-6-5-7-16(25)2/h1,8-11,16H,4-7,12-15H2,2H3,(H,22,26). The van der Waals surface area contributed by atoms with Crippen molar-refractivity contribution in [1.82, 2.24) is 4.90 Å². The molecule has 1 aromatic rings. The van der Waals surface area contributed by atoms with Gasteiger partial charge in [-0.15, -0.1) is 12.3 Å². The molecule has 1 N–H and O–H groups in total. The third kappa shape index (κ3) is 4.94. The van der Waals surface area contributed by atoms with Crippen LogP contribution in [-0.2, 0) is 4.79 Å². The largest absolute Gasteiger partial charge is 0.336 e. The molecule has 2 aliphatic rings. The zero-order chi connectivity index (χ0) is 19.3. The number of anilines is 1. The highest BCUT2D eigenvalue weighted by molar-refractivity contribution is 5.96. The van der Waals surface area contributed by atoms with Crippen LogP contribution in [0.25, 0.3) is 0 Å². The van der Waals surface area contributed by atoms with E-state index in [2.05, 4.69) is 28.4 Å². The van der Waals surface area contributed by atoms with Crippen LogP contribution < -0.4 is 5.32 Å². The van der Waals surface area contributed by atoms with E-state index in [1.54, 1.807) is 24.3 Å². The maximum atomic E-state index is 12.7. The Balaban J connectivity index is 1.49. The van der Waals surface area contributed by atoms with Gasteiger partial charge in [-0.2, -0.15) is 10.2 Å². The second kappa shape index (κ2) is 8.34. The van der Waals surface area contributed by atoms with Crippen molar-refractivity contribution in [2.24, 2.45) is 10.2 Å². The molecule has 0 spiro atoms. The van der Waals surface area contributed by atoms with Crippen LogP contribution in [0.4, 0.5) is 5.69 Å². The summed E-state index contributed by atoms with van der Waals surface area (Å²) in [5, 5.41) is 10.9. The van der Waals surface area contributed by atoms with Gasteiger partial charge in [-0.25, -0.2) is 0 Å². The van der Waals surface area contributed by atoms with Crippen molar-refractivity contribution in [3.8, 4) is 12.3 Å². The average Bonchev–Trinajstić information content (AvgIpc) is 3.46. The van der Waals surface area contributed by atoms with E-state index < -0.39 is 5.66 Å². The van der Waals surface area contributed by atoms with Crippen LogP contribution in [-0.4, -0.2) is 35.0 Å². The molecule has 2 aliphatic heterocycles. The van der Waals surface area contributed by atoms with Gasteiger partial charge in [-0.05, 0) is 50.5 Å². The molecular formula is C21H26N4O2. The predicted molar refractivity (Wildman–Crippen MR) is 104 cm³/mol. The molecule has 0 radical (unpaired) electrons. The summed E-state index contributed by atoms with van der Waals surface area (Å²) in [6, 6.07) is 7.39. The molecule has 142 valence electrons. The first-order valence-corrected chi connectivity index (χ1v) is 9.61. The molecule has 2 heterocycles. The Morgan fingerprint density at radius 1 is 1.26 bits per heavy atom. The van der Waals surface area contributed by atoms with Crippen LogP contribution in [0.3, 0.4) is 0 Å². The van der Waals surface area contributed by atoms with Gasteiger partial charge >= 0.3 is 0 Å². The number of hydrogen-bond donors (Lipinski definition) is 1. The third-order valence-electron chi connectivity index (χ3n) is 5.28. The van der Waals surface area contributed by atoms with Crippen LogP contribution >= 0.6 is 0 Å². The fraction of sp³-hybridized carbons (Fsp3) is 0.524. The molecule has 3 rings (SSSR count). The summed E-state index contributed by atoms with van der Waals surface area (Å²) >= 11 is 0. The number of hydrogen-bond acceptors (Lipinski definition) is 4. The van der Waals surface area contributed by atoms with E-state index in [1.807, 2.05) is 4.90 Å². The Kier molecular flexibility index (Phi) is 5.90. The summed E-state index contributed by atoms with van der Waals surface area (Å²) in [5.41, 5.74) is 0.904. The molecule has 0 saturated carbocycles. The summed E-state index contributed by atoms with van der Waals surface area (Å²) in [4.78, 5) is 26.8. The van der Waals surface area contributed by atoms with Gasteiger partial charge in [-0.1, -0.05) is 0 Å². The van der Waals surface area contributed by atoms with E-state index in [1.165, 1.54) is 6.42 Å². The summed E-state index contributed by atoms with van der Waals surface area (Å²) in [5.74, 6) is 2.56. The Labute approximate surface area is 160 Å². The number of nitrogens with one attached hydrogen (secondary N) is 1. The van der Waals surface area contributed by atoms with Crippen LogP contribution in [0, 0.1) is 12.3 Å². The number of carbonyl (C=O) groups excluding carboxylic acids is 2. The fourth-order valence-electron chi connectivity index (χ4n) is 3.47.